The van der Waals surface area contributed by atoms with E-state index in [-0.39, 0.29) is 5.60 Å². The molecule has 2 heterocycles. The molecule has 0 radical (unpaired) electrons. The van der Waals surface area contributed by atoms with E-state index < -0.39 is 0 Å². The van der Waals surface area contributed by atoms with Gasteiger partial charge in [-0.2, -0.15) is 0 Å². The summed E-state index contributed by atoms with van der Waals surface area (Å²) >= 11 is 5.19. The standard InChI is InChI=1S/C9H10BrNOS/c1-9(5-12-9)6-13-8-7(10)3-2-4-11-8/h2-4H,5-6H2,1H3. The second-order valence-electron chi connectivity index (χ2n) is 3.32. The average molecular weight is 260 g/mol. The van der Waals surface area contributed by atoms with Gasteiger partial charge in [-0.1, -0.05) is 0 Å². The number of rotatable bonds is 3. The molecule has 70 valence electrons. The van der Waals surface area contributed by atoms with Crippen LogP contribution in [0.5, 0.6) is 0 Å². The van der Waals surface area contributed by atoms with Gasteiger partial charge in [-0.3, -0.25) is 0 Å². The van der Waals surface area contributed by atoms with Gasteiger partial charge in [-0.15, -0.1) is 11.8 Å². The molecule has 2 rings (SSSR count). The highest BCUT2D eigenvalue weighted by Gasteiger charge is 2.39. The quantitative estimate of drug-likeness (QED) is 0.617. The fourth-order valence-corrected chi connectivity index (χ4v) is 2.45. The number of nitrogens with zero attached hydrogens (tertiary/aromatic N) is 1. The Labute approximate surface area is 90.2 Å². The summed E-state index contributed by atoms with van der Waals surface area (Å²) in [5.74, 6) is 0.975. The summed E-state index contributed by atoms with van der Waals surface area (Å²) in [6, 6.07) is 3.93. The second-order valence-corrected chi connectivity index (χ2v) is 5.14. The summed E-state index contributed by atoms with van der Waals surface area (Å²) in [6.07, 6.45) is 1.81. The number of halogens is 1. The van der Waals surface area contributed by atoms with Crippen LogP contribution in [0.15, 0.2) is 27.8 Å². The van der Waals surface area contributed by atoms with Crippen LogP contribution < -0.4 is 0 Å². The highest BCUT2D eigenvalue weighted by Crippen LogP contribution is 2.34. The zero-order valence-electron chi connectivity index (χ0n) is 7.29. The third kappa shape index (κ3) is 2.45. The van der Waals surface area contributed by atoms with E-state index in [2.05, 4.69) is 27.8 Å². The molecule has 4 heteroatoms. The number of pyridine rings is 1. The minimum Gasteiger partial charge on any atom is -0.369 e. The van der Waals surface area contributed by atoms with Crippen LogP contribution in [0.3, 0.4) is 0 Å². The third-order valence-corrected chi connectivity index (χ3v) is 4.13. The minimum absolute atomic E-state index is 0.0988. The number of ether oxygens (including phenoxy) is 1. The van der Waals surface area contributed by atoms with Crippen LogP contribution in [0, 0.1) is 0 Å². The van der Waals surface area contributed by atoms with Gasteiger partial charge in [0.1, 0.15) is 5.03 Å². The van der Waals surface area contributed by atoms with Gasteiger partial charge in [0.2, 0.25) is 0 Å². The summed E-state index contributed by atoms with van der Waals surface area (Å²) in [6.45, 7) is 3.00. The Hall–Kier alpha value is -0.0600. The Morgan fingerprint density at radius 3 is 3.15 bits per heavy atom. The lowest BCUT2D eigenvalue weighted by atomic mass is 10.3. The Kier molecular flexibility index (Phi) is 2.62. The maximum absolute atomic E-state index is 5.29. The third-order valence-electron chi connectivity index (χ3n) is 1.88. The van der Waals surface area contributed by atoms with Crippen LogP contribution in [-0.4, -0.2) is 22.9 Å². The smallest absolute Gasteiger partial charge is 0.110 e. The molecule has 1 aromatic heterocycles. The lowest BCUT2D eigenvalue weighted by Crippen LogP contribution is -2.07. The van der Waals surface area contributed by atoms with E-state index in [1.54, 1.807) is 11.8 Å². The molecule has 1 aliphatic heterocycles. The van der Waals surface area contributed by atoms with E-state index in [0.717, 1.165) is 21.9 Å². The molecule has 0 N–H and O–H groups in total. The number of thioether (sulfide) groups is 1. The van der Waals surface area contributed by atoms with Crippen LogP contribution in [0.1, 0.15) is 6.92 Å². The van der Waals surface area contributed by atoms with E-state index in [0.29, 0.717) is 0 Å². The van der Waals surface area contributed by atoms with Gasteiger partial charge in [0.05, 0.1) is 12.2 Å². The minimum atomic E-state index is 0.0988. The van der Waals surface area contributed by atoms with Gasteiger partial charge in [0, 0.05) is 16.4 Å². The SMILES string of the molecule is CC1(CSc2ncccc2Br)CO1. The molecule has 0 amide bonds. The number of aromatic nitrogens is 1. The van der Waals surface area contributed by atoms with Gasteiger partial charge in [-0.25, -0.2) is 4.98 Å². The molecule has 1 aliphatic rings. The molecule has 0 aliphatic carbocycles. The zero-order chi connectivity index (χ0) is 9.31. The van der Waals surface area contributed by atoms with Crippen LogP contribution in [0.25, 0.3) is 0 Å². The van der Waals surface area contributed by atoms with Crippen LogP contribution in [-0.2, 0) is 4.74 Å². The molecule has 0 bridgehead atoms. The summed E-state index contributed by atoms with van der Waals surface area (Å²) in [5.41, 5.74) is 0.0988. The van der Waals surface area contributed by atoms with Crippen LogP contribution in [0.2, 0.25) is 0 Å². The topological polar surface area (TPSA) is 25.4 Å². The molecule has 2 nitrogen and oxygen atoms in total. The van der Waals surface area contributed by atoms with Crippen molar-refractivity contribution in [3.05, 3.63) is 22.8 Å². The van der Waals surface area contributed by atoms with Crippen LogP contribution >= 0.6 is 27.7 Å². The molecule has 1 saturated heterocycles. The maximum atomic E-state index is 5.29. The summed E-state index contributed by atoms with van der Waals surface area (Å²) in [7, 11) is 0. The van der Waals surface area contributed by atoms with Gasteiger partial charge in [0.15, 0.2) is 0 Å². The van der Waals surface area contributed by atoms with Gasteiger partial charge >= 0.3 is 0 Å². The van der Waals surface area contributed by atoms with Crippen molar-refractivity contribution in [3.8, 4) is 0 Å². The zero-order valence-corrected chi connectivity index (χ0v) is 9.69. The Bertz CT molecular complexity index is 314. The highest BCUT2D eigenvalue weighted by atomic mass is 79.9. The summed E-state index contributed by atoms with van der Waals surface area (Å²) < 4.78 is 6.35. The van der Waals surface area contributed by atoms with E-state index >= 15 is 0 Å². The van der Waals surface area contributed by atoms with Crippen molar-refractivity contribution in [3.63, 3.8) is 0 Å². The Morgan fingerprint density at radius 2 is 2.54 bits per heavy atom. The summed E-state index contributed by atoms with van der Waals surface area (Å²) in [5, 5.41) is 1.04. The number of hydrogen-bond donors (Lipinski definition) is 0. The second kappa shape index (κ2) is 3.59. The van der Waals surface area contributed by atoms with E-state index in [4.69, 9.17) is 4.74 Å². The van der Waals surface area contributed by atoms with Crippen molar-refractivity contribution in [1.82, 2.24) is 4.98 Å². The Morgan fingerprint density at radius 1 is 1.77 bits per heavy atom. The summed E-state index contributed by atoms with van der Waals surface area (Å²) in [4.78, 5) is 4.27. The number of hydrogen-bond acceptors (Lipinski definition) is 3. The monoisotopic (exact) mass is 259 g/mol. The van der Waals surface area contributed by atoms with Gasteiger partial charge in [0.25, 0.3) is 0 Å². The van der Waals surface area contributed by atoms with Crippen molar-refractivity contribution in [1.29, 1.82) is 0 Å². The molecule has 0 aromatic carbocycles. The van der Waals surface area contributed by atoms with Gasteiger partial charge < -0.3 is 4.74 Å². The molecular formula is C9H10BrNOS. The largest absolute Gasteiger partial charge is 0.369 e. The predicted molar refractivity (Wildman–Crippen MR) is 57.0 cm³/mol. The predicted octanol–water partition coefficient (Wildman–Crippen LogP) is 2.73. The van der Waals surface area contributed by atoms with Crippen molar-refractivity contribution >= 4 is 27.7 Å². The van der Waals surface area contributed by atoms with Crippen molar-refractivity contribution < 1.29 is 4.74 Å². The average Bonchev–Trinajstić information content (AvgIpc) is 2.83. The van der Waals surface area contributed by atoms with Gasteiger partial charge in [-0.05, 0) is 35.0 Å². The maximum Gasteiger partial charge on any atom is 0.110 e. The van der Waals surface area contributed by atoms with E-state index in [9.17, 15) is 0 Å². The molecule has 13 heavy (non-hydrogen) atoms. The lowest BCUT2D eigenvalue weighted by molar-refractivity contribution is 0.348. The molecular weight excluding hydrogens is 250 g/mol. The first-order chi connectivity index (χ1) is 6.20. The first-order valence-electron chi connectivity index (χ1n) is 4.07. The molecule has 1 fully saturated rings. The van der Waals surface area contributed by atoms with E-state index in [1.807, 2.05) is 18.3 Å². The van der Waals surface area contributed by atoms with Crippen molar-refractivity contribution in [2.24, 2.45) is 0 Å². The first-order valence-corrected chi connectivity index (χ1v) is 5.85. The number of epoxide rings is 1. The molecule has 1 aromatic rings. The Balaban J connectivity index is 1.97. The fourth-order valence-electron chi connectivity index (χ4n) is 0.905. The molecule has 1 unspecified atom stereocenters. The fraction of sp³-hybridized carbons (Fsp3) is 0.444. The van der Waals surface area contributed by atoms with E-state index in [1.165, 1.54) is 0 Å². The highest BCUT2D eigenvalue weighted by molar-refractivity contribution is 9.10. The normalized spacial score (nSPS) is 26.0. The van der Waals surface area contributed by atoms with Crippen molar-refractivity contribution in [2.75, 3.05) is 12.4 Å². The van der Waals surface area contributed by atoms with Crippen LogP contribution in [0.4, 0.5) is 0 Å². The first kappa shape index (κ1) is 9.49. The molecule has 1 atom stereocenters. The molecule has 0 saturated carbocycles. The molecule has 0 spiro atoms. The lowest BCUT2D eigenvalue weighted by Gasteiger charge is -2.04. The van der Waals surface area contributed by atoms with Crippen molar-refractivity contribution in [2.45, 2.75) is 17.6 Å².